The first-order chi connectivity index (χ1) is 13.6. The monoisotopic (exact) mass is 379 g/mol. The van der Waals surface area contributed by atoms with Crippen LogP contribution in [0.15, 0.2) is 54.9 Å². The number of aryl methyl sites for hydroxylation is 2. The van der Waals surface area contributed by atoms with E-state index in [2.05, 4.69) is 51.6 Å². The Balaban J connectivity index is 1.55. The zero-order valence-corrected chi connectivity index (χ0v) is 16.4. The molecule has 1 N–H and O–H groups in total. The van der Waals surface area contributed by atoms with Gasteiger partial charge in [0.1, 0.15) is 5.75 Å². The second-order valence-corrected chi connectivity index (χ2v) is 6.64. The summed E-state index contributed by atoms with van der Waals surface area (Å²) >= 11 is 0. The molecule has 2 aromatic carbocycles. The van der Waals surface area contributed by atoms with Crippen LogP contribution >= 0.6 is 0 Å². The molecule has 3 aromatic rings. The molecule has 6 nitrogen and oxygen atoms in total. The van der Waals surface area contributed by atoms with E-state index < -0.39 is 0 Å². The summed E-state index contributed by atoms with van der Waals surface area (Å²) in [6.07, 6.45) is 3.70. The number of aromatic nitrogens is 2. The molecule has 146 valence electrons. The molecule has 0 saturated heterocycles. The van der Waals surface area contributed by atoms with E-state index in [9.17, 15) is 4.79 Å². The molecule has 1 heterocycles. The van der Waals surface area contributed by atoms with E-state index in [-0.39, 0.29) is 12.6 Å². The van der Waals surface area contributed by atoms with Crippen LogP contribution in [0.25, 0.3) is 5.69 Å². The minimum atomic E-state index is -0.386. The number of hydrogen-bond donors (Lipinski definition) is 1. The lowest BCUT2D eigenvalue weighted by atomic mass is 10.1. The van der Waals surface area contributed by atoms with E-state index in [1.54, 1.807) is 6.20 Å². The number of nitrogens with one attached hydrogen (secondary N) is 1. The lowest BCUT2D eigenvalue weighted by Gasteiger charge is -2.14. The molecule has 28 heavy (non-hydrogen) atoms. The molecule has 0 radical (unpaired) electrons. The van der Waals surface area contributed by atoms with Gasteiger partial charge in [-0.2, -0.15) is 5.10 Å². The quantitative estimate of drug-likeness (QED) is 0.608. The maximum absolute atomic E-state index is 11.3. The fourth-order valence-electron chi connectivity index (χ4n) is 3.10. The molecule has 3 rings (SSSR count). The number of benzene rings is 2. The Morgan fingerprint density at radius 3 is 2.36 bits per heavy atom. The molecule has 0 aliphatic rings. The summed E-state index contributed by atoms with van der Waals surface area (Å²) in [5, 5.41) is 7.70. The first-order valence-corrected chi connectivity index (χ1v) is 9.16. The fraction of sp³-hybridized carbons (Fsp3) is 0.273. The SMILES string of the molecule is COC(=O)COc1c(C)cc(CNCc2ccc(-n3cccn3)cc2)cc1C. The van der Waals surface area contributed by atoms with Gasteiger partial charge in [0.05, 0.1) is 12.8 Å². The Hall–Kier alpha value is -3.12. The average Bonchev–Trinajstić information content (AvgIpc) is 3.22. The van der Waals surface area contributed by atoms with Crippen LogP contribution in [0.3, 0.4) is 0 Å². The number of hydrogen-bond acceptors (Lipinski definition) is 5. The Bertz CT molecular complexity index is 896. The van der Waals surface area contributed by atoms with Gasteiger partial charge in [0.15, 0.2) is 6.61 Å². The van der Waals surface area contributed by atoms with Crippen LogP contribution in [0.5, 0.6) is 5.75 Å². The van der Waals surface area contributed by atoms with E-state index >= 15 is 0 Å². The van der Waals surface area contributed by atoms with Crippen molar-refractivity contribution < 1.29 is 14.3 Å². The second kappa shape index (κ2) is 9.19. The summed E-state index contributed by atoms with van der Waals surface area (Å²) in [6.45, 7) is 5.41. The largest absolute Gasteiger partial charge is 0.481 e. The van der Waals surface area contributed by atoms with Crippen LogP contribution < -0.4 is 10.1 Å². The summed E-state index contributed by atoms with van der Waals surface area (Å²) in [7, 11) is 1.35. The molecule has 0 saturated carbocycles. The summed E-state index contributed by atoms with van der Waals surface area (Å²) in [5.41, 5.74) is 5.44. The highest BCUT2D eigenvalue weighted by Gasteiger charge is 2.09. The van der Waals surface area contributed by atoms with Gasteiger partial charge in [-0.05, 0) is 54.3 Å². The van der Waals surface area contributed by atoms with Crippen molar-refractivity contribution in [2.24, 2.45) is 0 Å². The van der Waals surface area contributed by atoms with Crippen molar-refractivity contribution in [2.45, 2.75) is 26.9 Å². The highest BCUT2D eigenvalue weighted by molar-refractivity contribution is 5.71. The molecule has 0 aliphatic heterocycles. The number of rotatable bonds is 8. The normalized spacial score (nSPS) is 10.7. The van der Waals surface area contributed by atoms with Crippen molar-refractivity contribution in [3.05, 3.63) is 77.1 Å². The van der Waals surface area contributed by atoms with Crippen molar-refractivity contribution in [1.82, 2.24) is 15.1 Å². The van der Waals surface area contributed by atoms with Gasteiger partial charge in [-0.3, -0.25) is 0 Å². The lowest BCUT2D eigenvalue weighted by molar-refractivity contribution is -0.142. The summed E-state index contributed by atoms with van der Waals surface area (Å²) in [5.74, 6) is 0.353. The van der Waals surface area contributed by atoms with Crippen LogP contribution in [-0.4, -0.2) is 29.5 Å². The predicted octanol–water partition coefficient (Wildman–Crippen LogP) is 3.33. The Kier molecular flexibility index (Phi) is 6.45. The third kappa shape index (κ3) is 4.98. The van der Waals surface area contributed by atoms with Crippen LogP contribution in [0.1, 0.15) is 22.3 Å². The van der Waals surface area contributed by atoms with Gasteiger partial charge >= 0.3 is 5.97 Å². The van der Waals surface area contributed by atoms with E-state index in [1.165, 1.54) is 18.2 Å². The number of ether oxygens (including phenoxy) is 2. The van der Waals surface area contributed by atoms with Crippen LogP contribution in [-0.2, 0) is 22.6 Å². The summed E-state index contributed by atoms with van der Waals surface area (Å²) in [6, 6.07) is 14.4. The molecule has 0 atom stereocenters. The molecule has 1 aromatic heterocycles. The minimum absolute atomic E-state index is 0.0791. The van der Waals surface area contributed by atoms with Crippen molar-refractivity contribution in [1.29, 1.82) is 0 Å². The van der Waals surface area contributed by atoms with Gasteiger partial charge < -0.3 is 14.8 Å². The van der Waals surface area contributed by atoms with Crippen molar-refractivity contribution in [3.8, 4) is 11.4 Å². The third-order valence-corrected chi connectivity index (χ3v) is 4.45. The Morgan fingerprint density at radius 2 is 1.75 bits per heavy atom. The molecular formula is C22H25N3O3. The molecule has 0 spiro atoms. The first kappa shape index (κ1) is 19.6. The maximum Gasteiger partial charge on any atom is 0.343 e. The molecule has 0 unspecified atom stereocenters. The fourth-order valence-corrected chi connectivity index (χ4v) is 3.10. The number of methoxy groups -OCH3 is 1. The van der Waals surface area contributed by atoms with Gasteiger partial charge in [0, 0.05) is 25.5 Å². The zero-order chi connectivity index (χ0) is 19.9. The number of esters is 1. The number of carbonyl (C=O) groups excluding carboxylic acids is 1. The number of carbonyl (C=O) groups is 1. The number of nitrogens with zero attached hydrogens (tertiary/aromatic N) is 2. The first-order valence-electron chi connectivity index (χ1n) is 9.16. The highest BCUT2D eigenvalue weighted by atomic mass is 16.6. The highest BCUT2D eigenvalue weighted by Crippen LogP contribution is 2.25. The second-order valence-electron chi connectivity index (χ2n) is 6.64. The van der Waals surface area contributed by atoms with Crippen LogP contribution in [0.4, 0.5) is 0 Å². The van der Waals surface area contributed by atoms with E-state index in [0.717, 1.165) is 35.7 Å². The van der Waals surface area contributed by atoms with Crippen molar-refractivity contribution in [3.63, 3.8) is 0 Å². The van der Waals surface area contributed by atoms with Crippen molar-refractivity contribution in [2.75, 3.05) is 13.7 Å². The third-order valence-electron chi connectivity index (χ3n) is 4.45. The topological polar surface area (TPSA) is 65.4 Å². The predicted molar refractivity (Wildman–Crippen MR) is 108 cm³/mol. The van der Waals surface area contributed by atoms with E-state index in [0.29, 0.717) is 0 Å². The molecule has 0 amide bonds. The molecule has 0 bridgehead atoms. The average molecular weight is 379 g/mol. The lowest BCUT2D eigenvalue weighted by Crippen LogP contribution is -2.15. The summed E-state index contributed by atoms with van der Waals surface area (Å²) < 4.78 is 12.0. The molecule has 0 aliphatic carbocycles. The maximum atomic E-state index is 11.3. The van der Waals surface area contributed by atoms with Gasteiger partial charge in [-0.15, -0.1) is 0 Å². The molecule has 6 heteroatoms. The Labute approximate surface area is 165 Å². The van der Waals surface area contributed by atoms with Gasteiger partial charge in [0.25, 0.3) is 0 Å². The summed E-state index contributed by atoms with van der Waals surface area (Å²) in [4.78, 5) is 11.3. The van der Waals surface area contributed by atoms with Gasteiger partial charge in [-0.25, -0.2) is 9.48 Å². The van der Waals surface area contributed by atoms with Crippen LogP contribution in [0.2, 0.25) is 0 Å². The van der Waals surface area contributed by atoms with Gasteiger partial charge in [0.2, 0.25) is 0 Å². The minimum Gasteiger partial charge on any atom is -0.481 e. The molecule has 0 fully saturated rings. The van der Waals surface area contributed by atoms with E-state index in [1.807, 2.05) is 30.8 Å². The van der Waals surface area contributed by atoms with E-state index in [4.69, 9.17) is 4.74 Å². The zero-order valence-electron chi connectivity index (χ0n) is 16.4. The van der Waals surface area contributed by atoms with Gasteiger partial charge in [-0.1, -0.05) is 24.3 Å². The smallest absolute Gasteiger partial charge is 0.343 e. The standard InChI is InChI=1S/C22H25N3O3/c1-16-11-19(12-17(2)22(16)28-15-21(26)27-3)14-23-13-18-5-7-20(8-6-18)25-10-4-9-24-25/h4-12,23H,13-15H2,1-3H3. The molecular weight excluding hydrogens is 354 g/mol. The van der Waals surface area contributed by atoms with Crippen molar-refractivity contribution >= 4 is 5.97 Å². The van der Waals surface area contributed by atoms with Crippen LogP contribution in [0, 0.1) is 13.8 Å². The Morgan fingerprint density at radius 1 is 1.07 bits per heavy atom.